The van der Waals surface area contributed by atoms with Gasteiger partial charge in [-0.3, -0.25) is 9.11 Å². The highest BCUT2D eigenvalue weighted by Crippen LogP contribution is 2.32. The van der Waals surface area contributed by atoms with Gasteiger partial charge in [-0.2, -0.15) is 0 Å². The molecule has 4 rings (SSSR count). The zero-order chi connectivity index (χ0) is 27.4. The van der Waals surface area contributed by atoms with Crippen molar-refractivity contribution in [2.75, 3.05) is 8.61 Å². The lowest BCUT2D eigenvalue weighted by molar-refractivity contribution is 0.0697. The summed E-state index contributed by atoms with van der Waals surface area (Å²) in [6, 6.07) is 25.9. The molecule has 4 aromatic rings. The molecule has 38 heavy (non-hydrogen) atoms. The molecule has 0 fully saturated rings. The maximum Gasteiger partial charge on any atom is 0.337 e. The van der Waals surface area contributed by atoms with E-state index in [1.807, 2.05) is 26.0 Å². The van der Waals surface area contributed by atoms with E-state index in [0.29, 0.717) is 29.0 Å². The monoisotopic (exact) mass is 550 g/mol. The minimum Gasteiger partial charge on any atom is -0.478 e. The Labute approximate surface area is 226 Å². The van der Waals surface area contributed by atoms with Crippen molar-refractivity contribution in [2.24, 2.45) is 0 Å². The Morgan fingerprint density at radius 3 is 1.53 bits per heavy atom. The van der Waals surface area contributed by atoms with Crippen LogP contribution in [0.4, 0.5) is 22.7 Å². The van der Waals surface area contributed by atoms with Crippen LogP contribution in [0.25, 0.3) is 0 Å². The van der Waals surface area contributed by atoms with Gasteiger partial charge in [0.1, 0.15) is 0 Å². The molecule has 8 nitrogen and oxygen atoms in total. The normalized spacial score (nSPS) is 12.5. The maximum absolute atomic E-state index is 12.2. The Hall–Kier alpha value is -3.83. The van der Waals surface area contributed by atoms with Crippen LogP contribution in [0.2, 0.25) is 0 Å². The van der Waals surface area contributed by atoms with Crippen molar-refractivity contribution in [1.29, 1.82) is 0 Å². The van der Waals surface area contributed by atoms with Gasteiger partial charge in [-0.15, -0.1) is 0 Å². The third-order valence-corrected chi connectivity index (χ3v) is 7.39. The van der Waals surface area contributed by atoms with E-state index in [-0.39, 0.29) is 11.3 Å². The molecule has 0 heterocycles. The molecular formula is C28H26N2O6S2. The van der Waals surface area contributed by atoms with E-state index in [1.165, 1.54) is 16.4 Å². The molecule has 10 heteroatoms. The molecule has 0 radical (unpaired) electrons. The topological polar surface area (TPSA) is 118 Å². The van der Waals surface area contributed by atoms with Crippen LogP contribution in [0.1, 0.15) is 32.6 Å². The first kappa shape index (κ1) is 27.2. The number of carbonyl (C=O) groups is 1. The maximum atomic E-state index is 12.2. The molecule has 0 aliphatic carbocycles. The molecule has 3 N–H and O–H groups in total. The number of carboxylic acid groups (broad SMARTS) is 1. The van der Waals surface area contributed by atoms with Gasteiger partial charge >= 0.3 is 5.97 Å². The van der Waals surface area contributed by atoms with Crippen LogP contribution in [-0.4, -0.2) is 28.6 Å². The molecule has 0 saturated heterocycles. The minimum absolute atomic E-state index is 0.0976. The predicted octanol–water partition coefficient (Wildman–Crippen LogP) is 6.14. The van der Waals surface area contributed by atoms with Gasteiger partial charge in [-0.25, -0.2) is 21.8 Å². The second-order valence-electron chi connectivity index (χ2n) is 8.72. The molecule has 0 saturated carbocycles. The van der Waals surface area contributed by atoms with Crippen LogP contribution in [0, 0.1) is 13.8 Å². The number of anilines is 4. The van der Waals surface area contributed by atoms with Gasteiger partial charge < -0.3 is 5.11 Å². The molecule has 196 valence electrons. The van der Waals surface area contributed by atoms with Crippen molar-refractivity contribution < 1.29 is 27.4 Å². The van der Waals surface area contributed by atoms with Crippen molar-refractivity contribution >= 4 is 51.3 Å². The van der Waals surface area contributed by atoms with E-state index in [4.69, 9.17) is 0 Å². The number of hydrogen-bond acceptors (Lipinski definition) is 3. The van der Waals surface area contributed by atoms with Crippen molar-refractivity contribution in [3.63, 3.8) is 0 Å². The molecule has 0 amide bonds. The van der Waals surface area contributed by atoms with Gasteiger partial charge in [0.25, 0.3) is 22.5 Å². The van der Waals surface area contributed by atoms with Crippen LogP contribution < -0.4 is 8.61 Å². The van der Waals surface area contributed by atoms with Gasteiger partial charge in [0.2, 0.25) is 0 Å². The molecule has 0 aromatic heterocycles. The van der Waals surface area contributed by atoms with Gasteiger partial charge in [0.15, 0.2) is 0 Å². The van der Waals surface area contributed by atoms with Crippen LogP contribution in [0.15, 0.2) is 91.0 Å². The second-order valence-corrected chi connectivity index (χ2v) is 10.4. The summed E-state index contributed by atoms with van der Waals surface area (Å²) in [6.07, 6.45) is 0.389. The highest BCUT2D eigenvalue weighted by atomic mass is 32.2. The van der Waals surface area contributed by atoms with Crippen molar-refractivity contribution in [3.8, 4) is 0 Å². The Morgan fingerprint density at radius 1 is 0.658 bits per heavy atom. The Balaban J connectivity index is 1.62. The largest absolute Gasteiger partial charge is 0.478 e. The third kappa shape index (κ3) is 6.17. The average molecular weight is 551 g/mol. The fourth-order valence-corrected chi connectivity index (χ4v) is 5.26. The summed E-state index contributed by atoms with van der Waals surface area (Å²) >= 11 is -4.77. The van der Waals surface area contributed by atoms with E-state index in [2.05, 4.69) is 0 Å². The Bertz CT molecular complexity index is 1490. The van der Waals surface area contributed by atoms with E-state index in [9.17, 15) is 27.4 Å². The predicted molar refractivity (Wildman–Crippen MR) is 151 cm³/mol. The molecule has 0 aliphatic heterocycles. The van der Waals surface area contributed by atoms with E-state index in [1.54, 1.807) is 66.7 Å². The summed E-state index contributed by atoms with van der Waals surface area (Å²) < 4.78 is 46.5. The van der Waals surface area contributed by atoms with Crippen LogP contribution in [0.3, 0.4) is 0 Å². The summed E-state index contributed by atoms with van der Waals surface area (Å²) in [7, 11) is 0. The molecule has 0 spiro atoms. The lowest BCUT2D eigenvalue weighted by Crippen LogP contribution is -2.22. The first-order valence-electron chi connectivity index (χ1n) is 11.5. The number of aryl methyl sites for hydroxylation is 2. The highest BCUT2D eigenvalue weighted by molar-refractivity contribution is 7.81. The molecule has 4 aromatic carbocycles. The SMILES string of the molecule is Cc1ccc(N(c2ccc(Cc3ccc(N(c4ccc(C)cc4)S(=O)O)c(C(=O)O)c3)cc2)S(=O)O)cc1. The first-order valence-corrected chi connectivity index (χ1v) is 13.7. The number of benzene rings is 4. The second kappa shape index (κ2) is 11.7. The highest BCUT2D eigenvalue weighted by Gasteiger charge is 2.22. The number of nitrogens with zero attached hydrogens (tertiary/aromatic N) is 2. The van der Waals surface area contributed by atoms with Gasteiger partial charge in [0, 0.05) is 0 Å². The Kier molecular flexibility index (Phi) is 8.38. The van der Waals surface area contributed by atoms with Crippen molar-refractivity contribution in [1.82, 2.24) is 0 Å². The fraction of sp³-hybridized carbons (Fsp3) is 0.107. The molecule has 0 bridgehead atoms. The van der Waals surface area contributed by atoms with E-state index in [0.717, 1.165) is 21.0 Å². The summed E-state index contributed by atoms with van der Waals surface area (Å²) in [4.78, 5) is 12.1. The lowest BCUT2D eigenvalue weighted by Gasteiger charge is -2.22. The smallest absolute Gasteiger partial charge is 0.337 e. The molecule has 2 unspecified atom stereocenters. The van der Waals surface area contributed by atoms with E-state index >= 15 is 0 Å². The number of carboxylic acids is 1. The molecule has 2 atom stereocenters. The number of hydrogen-bond donors (Lipinski definition) is 3. The first-order chi connectivity index (χ1) is 18.1. The summed E-state index contributed by atoms with van der Waals surface area (Å²) in [6.45, 7) is 3.82. The lowest BCUT2D eigenvalue weighted by atomic mass is 10.0. The zero-order valence-electron chi connectivity index (χ0n) is 20.6. The van der Waals surface area contributed by atoms with Gasteiger partial charge in [0.05, 0.1) is 28.3 Å². The minimum atomic E-state index is -2.49. The Morgan fingerprint density at radius 2 is 1.08 bits per heavy atom. The fourth-order valence-electron chi connectivity index (χ4n) is 4.03. The van der Waals surface area contributed by atoms with Crippen LogP contribution in [-0.2, 0) is 29.0 Å². The number of aromatic carboxylic acids is 1. The summed E-state index contributed by atoms with van der Waals surface area (Å²) in [5.41, 5.74) is 5.02. The van der Waals surface area contributed by atoms with Gasteiger partial charge in [-0.05, 0) is 79.9 Å². The number of rotatable bonds is 9. The third-order valence-electron chi connectivity index (χ3n) is 5.94. The van der Waals surface area contributed by atoms with Crippen LogP contribution >= 0.6 is 0 Å². The summed E-state index contributed by atoms with van der Waals surface area (Å²) in [5, 5.41) is 9.89. The summed E-state index contributed by atoms with van der Waals surface area (Å²) in [5.74, 6) is -1.22. The zero-order valence-corrected chi connectivity index (χ0v) is 22.3. The van der Waals surface area contributed by atoms with Crippen LogP contribution in [0.5, 0.6) is 0 Å². The average Bonchev–Trinajstić information content (AvgIpc) is 2.88. The quantitative estimate of drug-likeness (QED) is 0.215. The molecular weight excluding hydrogens is 524 g/mol. The van der Waals surface area contributed by atoms with Crippen molar-refractivity contribution in [2.45, 2.75) is 20.3 Å². The standard InChI is InChI=1S/C28H26N2O6S2/c1-19-3-10-23(11-4-19)29(37(33)34)24-14-7-21(8-15-24)17-22-9-16-27(26(18-22)28(31)32)30(38(35)36)25-12-5-20(2)6-13-25/h3-16,18H,17H2,1-2H3,(H,31,32)(H,33,34)(H,35,36). The van der Waals surface area contributed by atoms with Gasteiger partial charge in [-0.1, -0.05) is 53.6 Å². The van der Waals surface area contributed by atoms with Crippen molar-refractivity contribution in [3.05, 3.63) is 119 Å². The molecule has 0 aliphatic rings. The van der Waals surface area contributed by atoms with E-state index < -0.39 is 28.5 Å².